The maximum Gasteiger partial charge on any atom is 0.242 e. The molecule has 0 radical (unpaired) electrons. The normalized spacial score (nSPS) is 17.7. The molecule has 1 aliphatic heterocycles. The van der Waals surface area contributed by atoms with Gasteiger partial charge >= 0.3 is 0 Å². The Hall–Kier alpha value is -1.64. The van der Waals surface area contributed by atoms with Crippen LogP contribution in [0.1, 0.15) is 12.8 Å². The number of likely N-dealkylation sites (tertiary alicyclic amines) is 1. The van der Waals surface area contributed by atoms with Crippen molar-refractivity contribution in [2.24, 2.45) is 5.73 Å². The Morgan fingerprint density at radius 1 is 1.29 bits per heavy atom. The molecule has 0 spiro atoms. The van der Waals surface area contributed by atoms with Crippen LogP contribution in [0.15, 0.2) is 29.2 Å². The Kier molecular flexibility index (Phi) is 4.81. The number of carbonyl (C=O) groups excluding carboxylic acids is 1. The van der Waals surface area contributed by atoms with Crippen molar-refractivity contribution < 1.29 is 13.2 Å². The summed E-state index contributed by atoms with van der Waals surface area (Å²) in [6, 6.07) is 6.22. The predicted molar refractivity (Wildman–Crippen MR) is 79.8 cm³/mol. The Morgan fingerprint density at radius 3 is 2.48 bits per heavy atom. The molecule has 1 heterocycles. The van der Waals surface area contributed by atoms with E-state index in [0.717, 1.165) is 0 Å². The summed E-state index contributed by atoms with van der Waals surface area (Å²) in [5, 5.41) is 0. The van der Waals surface area contributed by atoms with E-state index < -0.39 is 10.0 Å². The number of hydrogen-bond acceptors (Lipinski definition) is 5. The molecular formula is C13H20N4O3S. The van der Waals surface area contributed by atoms with Crippen LogP contribution >= 0.6 is 0 Å². The summed E-state index contributed by atoms with van der Waals surface area (Å²) in [6.45, 7) is 1.49. The summed E-state index contributed by atoms with van der Waals surface area (Å²) >= 11 is 0. The summed E-state index contributed by atoms with van der Waals surface area (Å²) in [5.41, 5.74) is 11.1. The number of sulfonamides is 1. The number of nitrogens with two attached hydrogens (primary N) is 2. The lowest BCUT2D eigenvalue weighted by molar-refractivity contribution is -0.119. The molecule has 21 heavy (non-hydrogen) atoms. The van der Waals surface area contributed by atoms with Gasteiger partial charge in [-0.2, -0.15) is 0 Å². The van der Waals surface area contributed by atoms with Crippen LogP contribution in [0.4, 0.5) is 5.69 Å². The zero-order chi connectivity index (χ0) is 15.5. The van der Waals surface area contributed by atoms with Gasteiger partial charge in [0, 0.05) is 19.1 Å². The van der Waals surface area contributed by atoms with Gasteiger partial charge in [-0.15, -0.1) is 0 Å². The third-order valence-electron chi connectivity index (χ3n) is 3.50. The van der Waals surface area contributed by atoms with Gasteiger partial charge in [0.25, 0.3) is 0 Å². The number of nitrogens with zero attached hydrogens (tertiary/aromatic N) is 1. The number of rotatable bonds is 5. The van der Waals surface area contributed by atoms with Crippen molar-refractivity contribution in [2.75, 3.05) is 25.4 Å². The third-order valence-corrected chi connectivity index (χ3v) is 5.09. The van der Waals surface area contributed by atoms with Crippen LogP contribution in [0.3, 0.4) is 0 Å². The first-order valence-electron chi connectivity index (χ1n) is 6.76. The average Bonchev–Trinajstić information content (AvgIpc) is 2.40. The largest absolute Gasteiger partial charge is 0.398 e. The molecule has 0 saturated carbocycles. The summed E-state index contributed by atoms with van der Waals surface area (Å²) in [4.78, 5) is 12.9. The van der Waals surface area contributed by atoms with Gasteiger partial charge in [-0.25, -0.2) is 13.1 Å². The van der Waals surface area contributed by atoms with Crippen LogP contribution in [0, 0.1) is 0 Å². The Morgan fingerprint density at radius 2 is 1.90 bits per heavy atom. The molecule has 8 heteroatoms. The van der Waals surface area contributed by atoms with E-state index in [0.29, 0.717) is 25.9 Å². The molecule has 1 aromatic rings. The van der Waals surface area contributed by atoms with Gasteiger partial charge in [0.05, 0.1) is 12.2 Å². The van der Waals surface area contributed by atoms with Gasteiger partial charge in [0.2, 0.25) is 15.9 Å². The number of primary amides is 1. The van der Waals surface area contributed by atoms with E-state index in [1.54, 1.807) is 18.2 Å². The highest BCUT2D eigenvalue weighted by Crippen LogP contribution is 2.19. The Labute approximate surface area is 124 Å². The third kappa shape index (κ3) is 4.16. The van der Waals surface area contributed by atoms with Gasteiger partial charge in [-0.3, -0.25) is 9.69 Å². The lowest BCUT2D eigenvalue weighted by Crippen LogP contribution is -2.46. The number of piperidine rings is 1. The zero-order valence-electron chi connectivity index (χ0n) is 11.7. The van der Waals surface area contributed by atoms with E-state index in [4.69, 9.17) is 11.5 Å². The second-order valence-corrected chi connectivity index (χ2v) is 6.86. The van der Waals surface area contributed by atoms with E-state index in [2.05, 4.69) is 4.72 Å². The number of anilines is 1. The number of amides is 1. The first-order chi connectivity index (χ1) is 9.88. The lowest BCUT2D eigenvalue weighted by Gasteiger charge is -2.31. The molecule has 1 fully saturated rings. The highest BCUT2D eigenvalue weighted by molar-refractivity contribution is 7.89. The molecule has 0 aliphatic carbocycles. The van der Waals surface area contributed by atoms with E-state index in [1.807, 2.05) is 4.90 Å². The molecular weight excluding hydrogens is 292 g/mol. The fraction of sp³-hybridized carbons (Fsp3) is 0.462. The molecule has 1 aromatic carbocycles. The first-order valence-corrected chi connectivity index (χ1v) is 8.24. The first kappa shape index (κ1) is 15.7. The van der Waals surface area contributed by atoms with E-state index in [1.165, 1.54) is 6.07 Å². The number of carbonyl (C=O) groups is 1. The maximum absolute atomic E-state index is 12.3. The summed E-state index contributed by atoms with van der Waals surface area (Å²) in [7, 11) is -3.62. The van der Waals surface area contributed by atoms with Gasteiger partial charge in [0.1, 0.15) is 4.90 Å². The van der Waals surface area contributed by atoms with Crippen molar-refractivity contribution in [3.05, 3.63) is 24.3 Å². The van der Waals surface area contributed by atoms with E-state index in [-0.39, 0.29) is 29.1 Å². The molecule has 116 valence electrons. The molecule has 7 nitrogen and oxygen atoms in total. The second-order valence-electron chi connectivity index (χ2n) is 5.18. The van der Waals surface area contributed by atoms with E-state index in [9.17, 15) is 13.2 Å². The van der Waals surface area contributed by atoms with Crippen molar-refractivity contribution in [3.63, 3.8) is 0 Å². The fourth-order valence-corrected chi connectivity index (χ4v) is 3.88. The molecule has 5 N–H and O–H groups in total. The minimum absolute atomic E-state index is 0.101. The van der Waals surface area contributed by atoms with Crippen LogP contribution in [-0.4, -0.2) is 44.9 Å². The number of hydrogen-bond donors (Lipinski definition) is 3. The predicted octanol–water partition coefficient (Wildman–Crippen LogP) is -0.503. The van der Waals surface area contributed by atoms with Gasteiger partial charge in [-0.05, 0) is 25.0 Å². The molecule has 0 unspecified atom stereocenters. The summed E-state index contributed by atoms with van der Waals surface area (Å²) < 4.78 is 27.3. The second kappa shape index (κ2) is 6.42. The van der Waals surface area contributed by atoms with Crippen molar-refractivity contribution in [1.82, 2.24) is 9.62 Å². The number of nitrogen functional groups attached to an aromatic ring is 1. The molecule has 0 bridgehead atoms. The van der Waals surface area contributed by atoms with Crippen molar-refractivity contribution in [3.8, 4) is 0 Å². The molecule has 0 atom stereocenters. The molecule has 0 aromatic heterocycles. The molecule has 1 saturated heterocycles. The maximum atomic E-state index is 12.3. The van der Waals surface area contributed by atoms with Crippen LogP contribution in [0.5, 0.6) is 0 Å². The molecule has 1 amide bonds. The van der Waals surface area contributed by atoms with Gasteiger partial charge in [-0.1, -0.05) is 12.1 Å². The smallest absolute Gasteiger partial charge is 0.242 e. The van der Waals surface area contributed by atoms with Crippen LogP contribution in [-0.2, 0) is 14.8 Å². The number of para-hydroxylation sites is 1. The van der Waals surface area contributed by atoms with Crippen molar-refractivity contribution >= 4 is 21.6 Å². The Bertz CT molecular complexity index is 610. The summed E-state index contributed by atoms with van der Waals surface area (Å²) in [6.07, 6.45) is 1.28. The van der Waals surface area contributed by atoms with Crippen molar-refractivity contribution in [2.45, 2.75) is 23.8 Å². The lowest BCUT2D eigenvalue weighted by atomic mass is 10.1. The van der Waals surface area contributed by atoms with Gasteiger partial charge in [0.15, 0.2) is 0 Å². The zero-order valence-corrected chi connectivity index (χ0v) is 12.5. The molecule has 2 rings (SSSR count). The monoisotopic (exact) mass is 312 g/mol. The number of nitrogens with one attached hydrogen (secondary N) is 1. The minimum atomic E-state index is -3.62. The Balaban J connectivity index is 1.97. The minimum Gasteiger partial charge on any atom is -0.398 e. The van der Waals surface area contributed by atoms with E-state index >= 15 is 0 Å². The van der Waals surface area contributed by atoms with Gasteiger partial charge < -0.3 is 11.5 Å². The highest BCUT2D eigenvalue weighted by atomic mass is 32.2. The molecule has 1 aliphatic rings. The van der Waals surface area contributed by atoms with Crippen molar-refractivity contribution in [1.29, 1.82) is 0 Å². The quantitative estimate of drug-likeness (QED) is 0.633. The van der Waals surface area contributed by atoms with Crippen LogP contribution < -0.4 is 16.2 Å². The highest BCUT2D eigenvalue weighted by Gasteiger charge is 2.26. The standard InChI is InChI=1S/C13H20N4O3S/c14-11-3-1-2-4-12(11)21(19,20)16-10-5-7-17(8-6-10)9-13(15)18/h1-4,10,16H,5-9,14H2,(H2,15,18). The SMILES string of the molecule is NC(=O)CN1CCC(NS(=O)(=O)c2ccccc2N)CC1. The average molecular weight is 312 g/mol. The fourth-order valence-electron chi connectivity index (χ4n) is 2.44. The van der Waals surface area contributed by atoms with Crippen LogP contribution in [0.2, 0.25) is 0 Å². The summed E-state index contributed by atoms with van der Waals surface area (Å²) in [5.74, 6) is -0.369. The topological polar surface area (TPSA) is 119 Å². The van der Waals surface area contributed by atoms with Crippen LogP contribution in [0.25, 0.3) is 0 Å². The number of benzene rings is 1.